The van der Waals surface area contributed by atoms with Crippen LogP contribution in [-0.2, 0) is 9.59 Å². The van der Waals surface area contributed by atoms with E-state index in [0.717, 1.165) is 50.5 Å². The first kappa shape index (κ1) is 18.2. The van der Waals surface area contributed by atoms with Crippen molar-refractivity contribution in [1.29, 1.82) is 0 Å². The molecule has 1 heterocycles. The second kappa shape index (κ2) is 8.70. The van der Waals surface area contributed by atoms with Gasteiger partial charge in [-0.2, -0.15) is 0 Å². The van der Waals surface area contributed by atoms with Crippen molar-refractivity contribution in [3.63, 3.8) is 0 Å². The molecule has 1 aliphatic heterocycles. The van der Waals surface area contributed by atoms with Gasteiger partial charge in [0.05, 0.1) is 0 Å². The van der Waals surface area contributed by atoms with E-state index in [2.05, 4.69) is 5.32 Å². The number of nitrogens with one attached hydrogen (secondary N) is 1. The van der Waals surface area contributed by atoms with Gasteiger partial charge >= 0.3 is 0 Å². The van der Waals surface area contributed by atoms with E-state index in [4.69, 9.17) is 11.6 Å². The van der Waals surface area contributed by atoms with Crippen LogP contribution < -0.4 is 5.32 Å². The fourth-order valence-corrected chi connectivity index (χ4v) is 4.15. The number of hydrogen-bond acceptors (Lipinski definition) is 2. The monoisotopic (exact) mass is 362 g/mol. The molecular weight excluding hydrogens is 336 g/mol. The normalized spacial score (nSPS) is 20.8. The number of likely N-dealkylation sites (tertiary alicyclic amines) is 1. The Labute approximate surface area is 154 Å². The van der Waals surface area contributed by atoms with Crippen LogP contribution >= 0.6 is 11.6 Å². The number of halogens is 1. The van der Waals surface area contributed by atoms with E-state index in [1.54, 1.807) is 11.0 Å². The molecule has 0 bridgehead atoms. The third-order valence-corrected chi connectivity index (χ3v) is 5.52. The molecule has 2 aliphatic rings. The van der Waals surface area contributed by atoms with Gasteiger partial charge in [0.1, 0.15) is 6.04 Å². The molecule has 2 fully saturated rings. The van der Waals surface area contributed by atoms with Gasteiger partial charge in [-0.15, -0.1) is 0 Å². The molecule has 1 saturated heterocycles. The highest BCUT2D eigenvalue weighted by molar-refractivity contribution is 6.30. The third-order valence-electron chi connectivity index (χ3n) is 5.29. The number of nitrogens with zero attached hydrogens (tertiary/aromatic N) is 1. The van der Waals surface area contributed by atoms with Crippen LogP contribution in [0.15, 0.2) is 24.3 Å². The van der Waals surface area contributed by atoms with Gasteiger partial charge in [-0.05, 0) is 43.4 Å². The maximum Gasteiger partial charge on any atom is 0.247 e. The Morgan fingerprint density at radius 2 is 1.88 bits per heavy atom. The fourth-order valence-electron chi connectivity index (χ4n) is 3.95. The molecule has 3 rings (SSSR count). The average Bonchev–Trinajstić information content (AvgIpc) is 2.81. The van der Waals surface area contributed by atoms with E-state index in [1.807, 2.05) is 18.2 Å². The summed E-state index contributed by atoms with van der Waals surface area (Å²) in [5.41, 5.74) is 0.802. The number of carbonyl (C=O) groups excluding carboxylic acids is 2. The lowest BCUT2D eigenvalue weighted by molar-refractivity contribution is -0.140. The molecule has 0 spiro atoms. The van der Waals surface area contributed by atoms with Gasteiger partial charge in [0.25, 0.3) is 0 Å². The lowest BCUT2D eigenvalue weighted by Crippen LogP contribution is -2.47. The zero-order valence-electron chi connectivity index (χ0n) is 14.7. The predicted molar refractivity (Wildman–Crippen MR) is 99.4 cm³/mol. The molecule has 1 atom stereocenters. The Bertz CT molecular complexity index is 613. The zero-order valence-corrected chi connectivity index (χ0v) is 15.4. The molecule has 1 aliphatic carbocycles. The summed E-state index contributed by atoms with van der Waals surface area (Å²) in [5, 5.41) is 3.79. The summed E-state index contributed by atoms with van der Waals surface area (Å²) in [4.78, 5) is 27.5. The van der Waals surface area contributed by atoms with Crippen molar-refractivity contribution >= 4 is 23.4 Å². The van der Waals surface area contributed by atoms with Gasteiger partial charge in [-0.1, -0.05) is 49.4 Å². The molecule has 0 radical (unpaired) electrons. The van der Waals surface area contributed by atoms with Gasteiger partial charge in [0.15, 0.2) is 0 Å². The van der Waals surface area contributed by atoms with E-state index in [-0.39, 0.29) is 17.9 Å². The van der Waals surface area contributed by atoms with Gasteiger partial charge in [-0.25, -0.2) is 0 Å². The first-order valence-electron chi connectivity index (χ1n) is 9.50. The van der Waals surface area contributed by atoms with E-state index < -0.39 is 6.04 Å². The quantitative estimate of drug-likeness (QED) is 0.871. The molecule has 4 nitrogen and oxygen atoms in total. The predicted octanol–water partition coefficient (Wildman–Crippen LogP) is 4.23. The summed E-state index contributed by atoms with van der Waals surface area (Å²) in [6.07, 6.45) is 9.04. The minimum Gasteiger partial charge on any atom is -0.351 e. The minimum absolute atomic E-state index is 0.0654. The number of rotatable bonds is 4. The van der Waals surface area contributed by atoms with E-state index in [9.17, 15) is 9.59 Å². The van der Waals surface area contributed by atoms with Crippen molar-refractivity contribution in [1.82, 2.24) is 10.2 Å². The first-order chi connectivity index (χ1) is 12.1. The molecule has 1 unspecified atom stereocenters. The SMILES string of the molecule is O=C(NC1CCCCC1)C(c1cccc(Cl)c1)N1CCCCCC1=O. The fraction of sp³-hybridized carbons (Fsp3) is 0.600. The van der Waals surface area contributed by atoms with Gasteiger partial charge in [0.2, 0.25) is 11.8 Å². The number of hydrogen-bond donors (Lipinski definition) is 1. The second-order valence-electron chi connectivity index (χ2n) is 7.20. The third kappa shape index (κ3) is 4.75. The molecular formula is C20H27ClN2O2. The topological polar surface area (TPSA) is 49.4 Å². The first-order valence-corrected chi connectivity index (χ1v) is 9.88. The Hall–Kier alpha value is -1.55. The summed E-state index contributed by atoms with van der Waals surface area (Å²) in [7, 11) is 0. The molecule has 1 aromatic rings. The van der Waals surface area contributed by atoms with Crippen LogP contribution in [0.5, 0.6) is 0 Å². The van der Waals surface area contributed by atoms with Crippen LogP contribution in [0.25, 0.3) is 0 Å². The average molecular weight is 363 g/mol. The maximum absolute atomic E-state index is 13.1. The summed E-state index contributed by atoms with van der Waals surface area (Å²) in [5.74, 6) is 0.00527. The van der Waals surface area contributed by atoms with Crippen molar-refractivity contribution in [3.05, 3.63) is 34.9 Å². The zero-order chi connectivity index (χ0) is 17.6. The number of amides is 2. The van der Waals surface area contributed by atoms with E-state index in [1.165, 1.54) is 6.42 Å². The van der Waals surface area contributed by atoms with Crippen LogP contribution in [0, 0.1) is 0 Å². The molecule has 0 aromatic heterocycles. The van der Waals surface area contributed by atoms with Crippen LogP contribution in [0.3, 0.4) is 0 Å². The molecule has 5 heteroatoms. The van der Waals surface area contributed by atoms with Crippen molar-refractivity contribution in [2.45, 2.75) is 69.9 Å². The Morgan fingerprint density at radius 3 is 2.64 bits per heavy atom. The van der Waals surface area contributed by atoms with Crippen molar-refractivity contribution < 1.29 is 9.59 Å². The summed E-state index contributed by atoms with van der Waals surface area (Å²) < 4.78 is 0. The highest BCUT2D eigenvalue weighted by Gasteiger charge is 2.33. The highest BCUT2D eigenvalue weighted by Crippen LogP contribution is 2.28. The summed E-state index contributed by atoms with van der Waals surface area (Å²) >= 11 is 6.16. The second-order valence-corrected chi connectivity index (χ2v) is 7.64. The minimum atomic E-state index is -0.578. The number of carbonyl (C=O) groups is 2. The van der Waals surface area contributed by atoms with Gasteiger partial charge < -0.3 is 10.2 Å². The van der Waals surface area contributed by atoms with Crippen LogP contribution in [0.4, 0.5) is 0 Å². The molecule has 1 saturated carbocycles. The highest BCUT2D eigenvalue weighted by atomic mass is 35.5. The van der Waals surface area contributed by atoms with Gasteiger partial charge in [0, 0.05) is 24.0 Å². The maximum atomic E-state index is 13.1. The summed E-state index contributed by atoms with van der Waals surface area (Å²) in [6.45, 7) is 0.633. The lowest BCUT2D eigenvalue weighted by atomic mass is 9.94. The molecule has 2 amide bonds. The Balaban J connectivity index is 1.84. The number of benzene rings is 1. The lowest BCUT2D eigenvalue weighted by Gasteiger charge is -2.32. The van der Waals surface area contributed by atoms with Crippen LogP contribution in [-0.4, -0.2) is 29.3 Å². The molecule has 1 N–H and O–H groups in total. The standard InChI is InChI=1S/C20H27ClN2O2/c21-16-9-7-8-15(14-16)19(23-13-6-2-5-12-18(23)24)20(25)22-17-10-3-1-4-11-17/h7-9,14,17,19H,1-6,10-13H2,(H,22,25). The molecule has 136 valence electrons. The van der Waals surface area contributed by atoms with Crippen molar-refractivity contribution in [3.8, 4) is 0 Å². The van der Waals surface area contributed by atoms with Crippen LogP contribution in [0.1, 0.15) is 69.4 Å². The van der Waals surface area contributed by atoms with E-state index in [0.29, 0.717) is 18.0 Å². The molecule has 25 heavy (non-hydrogen) atoms. The largest absolute Gasteiger partial charge is 0.351 e. The molecule has 1 aromatic carbocycles. The summed E-state index contributed by atoms with van der Waals surface area (Å²) in [6, 6.07) is 7.00. The van der Waals surface area contributed by atoms with Crippen LogP contribution in [0.2, 0.25) is 5.02 Å². The smallest absolute Gasteiger partial charge is 0.247 e. The Morgan fingerprint density at radius 1 is 1.12 bits per heavy atom. The Kier molecular flexibility index (Phi) is 6.35. The van der Waals surface area contributed by atoms with Crippen molar-refractivity contribution in [2.24, 2.45) is 0 Å². The van der Waals surface area contributed by atoms with Gasteiger partial charge in [-0.3, -0.25) is 9.59 Å². The van der Waals surface area contributed by atoms with Crippen molar-refractivity contribution in [2.75, 3.05) is 6.54 Å². The van der Waals surface area contributed by atoms with E-state index >= 15 is 0 Å².